The maximum Gasteiger partial charge on any atom is 0.258 e. The van der Waals surface area contributed by atoms with E-state index in [1.807, 2.05) is 0 Å². The van der Waals surface area contributed by atoms with Crippen LogP contribution in [0.5, 0.6) is 5.75 Å². The van der Waals surface area contributed by atoms with E-state index in [2.05, 4.69) is 15.6 Å². The number of amides is 1. The maximum absolute atomic E-state index is 14.1. The van der Waals surface area contributed by atoms with Crippen molar-refractivity contribution in [2.75, 3.05) is 13.1 Å². The number of nitrogens with one attached hydrogen (secondary N) is 3. The zero-order valence-corrected chi connectivity index (χ0v) is 18.8. The second kappa shape index (κ2) is 8.53. The summed E-state index contributed by atoms with van der Waals surface area (Å²) >= 11 is 6.03. The number of piperidine rings is 1. The Balaban J connectivity index is 1.36. The van der Waals surface area contributed by atoms with Crippen LogP contribution in [-0.2, 0) is 0 Å². The van der Waals surface area contributed by atoms with E-state index in [1.54, 1.807) is 13.1 Å². The lowest BCUT2D eigenvalue weighted by Gasteiger charge is -2.30. The van der Waals surface area contributed by atoms with Crippen molar-refractivity contribution in [3.05, 3.63) is 52.2 Å². The summed E-state index contributed by atoms with van der Waals surface area (Å²) in [6.07, 6.45) is 1.90. The molecule has 2 bridgehead atoms. The largest absolute Gasteiger partial charge is 0.489 e. The number of hydrogen-bond donors (Lipinski definition) is 3. The second-order valence-corrected chi connectivity index (χ2v) is 9.28. The van der Waals surface area contributed by atoms with Crippen molar-refractivity contribution < 1.29 is 18.3 Å². The fourth-order valence-corrected chi connectivity index (χ4v) is 4.94. The number of carbonyl (C=O) groups excluding carboxylic acids is 1. The van der Waals surface area contributed by atoms with Crippen LogP contribution in [0.1, 0.15) is 36.5 Å². The number of benzene rings is 1. The van der Waals surface area contributed by atoms with Gasteiger partial charge >= 0.3 is 0 Å². The molecule has 4 unspecified atom stereocenters. The molecule has 4 aliphatic rings. The summed E-state index contributed by atoms with van der Waals surface area (Å²) in [6.45, 7) is 2.05. The van der Waals surface area contributed by atoms with Crippen molar-refractivity contribution in [3.8, 4) is 5.75 Å². The number of aliphatic imine (C=N–C) groups is 1. The van der Waals surface area contributed by atoms with Gasteiger partial charge in [0.2, 0.25) is 0 Å². The summed E-state index contributed by atoms with van der Waals surface area (Å²) in [4.78, 5) is 19.2. The molecule has 1 amide bonds. The summed E-state index contributed by atoms with van der Waals surface area (Å²) in [5, 5.41) is 15.0. The molecule has 4 atom stereocenters. The number of fused-ring (bicyclic) bond motifs is 2. The molecule has 0 saturated carbocycles. The summed E-state index contributed by atoms with van der Waals surface area (Å²) in [5.41, 5.74) is 1.70. The fourth-order valence-electron chi connectivity index (χ4n) is 4.84. The zero-order chi connectivity index (χ0) is 23.3. The van der Waals surface area contributed by atoms with Gasteiger partial charge in [0.1, 0.15) is 29.7 Å². The van der Waals surface area contributed by atoms with E-state index in [0.717, 1.165) is 0 Å². The molecule has 4 aliphatic heterocycles. The number of ether oxygens (including phenoxy) is 1. The molecule has 1 aromatic carbocycles. The van der Waals surface area contributed by atoms with Gasteiger partial charge in [-0.25, -0.2) is 13.8 Å². The third-order valence-electron chi connectivity index (χ3n) is 6.52. The van der Waals surface area contributed by atoms with E-state index >= 15 is 0 Å². The summed E-state index contributed by atoms with van der Waals surface area (Å²) in [7, 11) is 0. The van der Waals surface area contributed by atoms with Crippen LogP contribution in [0.4, 0.5) is 8.78 Å². The number of halogens is 3. The third kappa shape index (κ3) is 4.27. The number of allylic oxidation sites excluding steroid dienone is 1. The van der Waals surface area contributed by atoms with E-state index in [1.165, 1.54) is 23.1 Å². The zero-order valence-electron chi connectivity index (χ0n) is 18.0. The van der Waals surface area contributed by atoms with Crippen molar-refractivity contribution in [1.29, 1.82) is 5.41 Å². The molecule has 10 heteroatoms. The van der Waals surface area contributed by atoms with E-state index in [9.17, 15) is 13.6 Å². The highest BCUT2D eigenvalue weighted by molar-refractivity contribution is 6.43. The maximum atomic E-state index is 14.1. The first-order chi connectivity index (χ1) is 15.8. The Morgan fingerprint density at radius 2 is 2.12 bits per heavy atom. The summed E-state index contributed by atoms with van der Waals surface area (Å²) in [5.74, 6) is -0.248. The molecule has 3 fully saturated rings. The van der Waals surface area contributed by atoms with E-state index < -0.39 is 12.0 Å². The van der Waals surface area contributed by atoms with Gasteiger partial charge in [-0.15, -0.1) is 0 Å². The van der Waals surface area contributed by atoms with Crippen molar-refractivity contribution in [3.63, 3.8) is 0 Å². The molecule has 3 saturated heterocycles. The van der Waals surface area contributed by atoms with Gasteiger partial charge in [0.05, 0.1) is 35.1 Å². The number of hydrogen-bond acceptors (Lipinski definition) is 6. The molecule has 0 radical (unpaired) electrons. The van der Waals surface area contributed by atoms with Crippen molar-refractivity contribution in [2.45, 2.75) is 50.5 Å². The molecule has 7 nitrogen and oxygen atoms in total. The molecular weight excluding hydrogens is 452 g/mol. The van der Waals surface area contributed by atoms with Gasteiger partial charge in [0.15, 0.2) is 0 Å². The Morgan fingerprint density at radius 1 is 1.30 bits per heavy atom. The Hall–Kier alpha value is -2.78. The van der Waals surface area contributed by atoms with Gasteiger partial charge in [-0.1, -0.05) is 11.6 Å². The first-order valence-corrected chi connectivity index (χ1v) is 11.3. The highest BCUT2D eigenvalue weighted by atomic mass is 35.5. The van der Waals surface area contributed by atoms with Crippen LogP contribution in [0.25, 0.3) is 0 Å². The van der Waals surface area contributed by atoms with Gasteiger partial charge in [-0.2, -0.15) is 0 Å². The van der Waals surface area contributed by atoms with Gasteiger partial charge in [-0.05, 0) is 31.9 Å². The SMILES string of the molecule is CC1=N/C(=C2\CN(C(=O)c3ccc(F)cc3OC3CC4CC(F)C(C3)N4)CC2=N)NC=C1Cl. The minimum Gasteiger partial charge on any atom is -0.489 e. The van der Waals surface area contributed by atoms with E-state index in [4.69, 9.17) is 21.7 Å². The lowest BCUT2D eigenvalue weighted by atomic mass is 10.0. The molecule has 4 heterocycles. The van der Waals surface area contributed by atoms with Crippen molar-refractivity contribution in [1.82, 2.24) is 15.5 Å². The first-order valence-electron chi connectivity index (χ1n) is 10.9. The fraction of sp³-hybridized carbons (Fsp3) is 0.435. The lowest BCUT2D eigenvalue weighted by molar-refractivity contribution is 0.0789. The topological polar surface area (TPSA) is 89.8 Å². The molecule has 174 valence electrons. The Morgan fingerprint density at radius 3 is 2.88 bits per heavy atom. The Labute approximate surface area is 195 Å². The van der Waals surface area contributed by atoms with Crippen molar-refractivity contribution >= 4 is 28.9 Å². The van der Waals surface area contributed by atoms with Crippen LogP contribution in [0, 0.1) is 11.2 Å². The number of carbonyl (C=O) groups is 1. The highest BCUT2D eigenvalue weighted by Crippen LogP contribution is 2.33. The summed E-state index contributed by atoms with van der Waals surface area (Å²) < 4.78 is 34.2. The van der Waals surface area contributed by atoms with Gasteiger partial charge in [-0.3, -0.25) is 4.79 Å². The van der Waals surface area contributed by atoms with Gasteiger partial charge in [0, 0.05) is 36.3 Å². The number of nitrogens with zero attached hydrogens (tertiary/aromatic N) is 2. The van der Waals surface area contributed by atoms with Crippen molar-refractivity contribution in [2.24, 2.45) is 4.99 Å². The van der Waals surface area contributed by atoms with Crippen LogP contribution < -0.4 is 15.4 Å². The molecule has 0 spiro atoms. The lowest BCUT2D eigenvalue weighted by Crippen LogP contribution is -2.44. The first kappa shape index (κ1) is 22.0. The number of alkyl halides is 1. The molecule has 0 aliphatic carbocycles. The minimum atomic E-state index is -0.913. The normalized spacial score (nSPS) is 31.3. The highest BCUT2D eigenvalue weighted by Gasteiger charge is 2.42. The third-order valence-corrected chi connectivity index (χ3v) is 6.91. The van der Waals surface area contributed by atoms with E-state index in [-0.39, 0.29) is 54.2 Å². The van der Waals surface area contributed by atoms with Crippen LogP contribution in [-0.4, -0.2) is 59.7 Å². The van der Waals surface area contributed by atoms with Crippen LogP contribution >= 0.6 is 11.6 Å². The second-order valence-electron chi connectivity index (χ2n) is 8.87. The predicted octanol–water partition coefficient (Wildman–Crippen LogP) is 3.27. The van der Waals surface area contributed by atoms with E-state index in [0.29, 0.717) is 41.4 Å². The molecule has 0 aromatic heterocycles. The molecule has 5 rings (SSSR count). The molecule has 3 N–H and O–H groups in total. The monoisotopic (exact) mass is 475 g/mol. The number of rotatable bonds is 3. The quantitative estimate of drug-likeness (QED) is 0.626. The smallest absolute Gasteiger partial charge is 0.258 e. The number of likely N-dealkylation sites (tertiary alicyclic amines) is 1. The predicted molar refractivity (Wildman–Crippen MR) is 121 cm³/mol. The molecule has 33 heavy (non-hydrogen) atoms. The average molecular weight is 476 g/mol. The van der Waals surface area contributed by atoms with Gasteiger partial charge in [0.25, 0.3) is 5.91 Å². The van der Waals surface area contributed by atoms with Gasteiger partial charge < -0.3 is 25.7 Å². The standard InChI is InChI=1S/C23H24ClF2N5O2/c1-11-17(24)8-28-22(29-11)16-9-31(10-19(16)27)23(32)15-3-2-12(25)4-21(15)33-14-5-13-6-18(26)20(7-14)30-13/h2-4,8,13-14,18,20,27-28,30H,5-7,9-10H2,1H3/b22-16+,27-19?. The average Bonchev–Trinajstić information content (AvgIpc) is 3.28. The minimum absolute atomic E-state index is 0.0271. The van der Waals surface area contributed by atoms with Crippen LogP contribution in [0.2, 0.25) is 0 Å². The molecule has 1 aromatic rings. The Bertz CT molecular complexity index is 1120. The summed E-state index contributed by atoms with van der Waals surface area (Å²) in [6, 6.07) is 3.57. The Kier molecular flexibility index (Phi) is 5.70. The van der Waals surface area contributed by atoms with Crippen LogP contribution in [0.15, 0.2) is 45.8 Å². The van der Waals surface area contributed by atoms with Crippen LogP contribution in [0.3, 0.4) is 0 Å². The molecular formula is C23H24ClF2N5O2.